The van der Waals surface area contributed by atoms with Gasteiger partial charge in [0.1, 0.15) is 5.54 Å². The van der Waals surface area contributed by atoms with Gasteiger partial charge in [0.05, 0.1) is 12.0 Å². The van der Waals surface area contributed by atoms with Gasteiger partial charge in [-0.3, -0.25) is 14.4 Å². The van der Waals surface area contributed by atoms with Crippen molar-refractivity contribution in [3.05, 3.63) is 41.0 Å². The summed E-state index contributed by atoms with van der Waals surface area (Å²) < 4.78 is 0. The number of hydrogen-bond acceptors (Lipinski definition) is 4. The molecule has 0 saturated carbocycles. The van der Waals surface area contributed by atoms with Crippen LogP contribution in [0, 0.1) is 11.3 Å². The van der Waals surface area contributed by atoms with Gasteiger partial charge in [-0.2, -0.15) is 0 Å². The predicted octanol–water partition coefficient (Wildman–Crippen LogP) is 1.62. The Morgan fingerprint density at radius 1 is 1.33 bits per heavy atom. The average molecular weight is 368 g/mol. The van der Waals surface area contributed by atoms with Crippen LogP contribution in [0.15, 0.2) is 29.8 Å². The van der Waals surface area contributed by atoms with Crippen LogP contribution in [0.5, 0.6) is 0 Å². The Hall–Kier alpha value is -2.47. The second kappa shape index (κ2) is 5.52. The summed E-state index contributed by atoms with van der Waals surface area (Å²) in [6.45, 7) is 5.51. The van der Waals surface area contributed by atoms with Crippen molar-refractivity contribution in [2.24, 2.45) is 11.3 Å². The van der Waals surface area contributed by atoms with Gasteiger partial charge in [-0.25, -0.2) is 0 Å². The lowest BCUT2D eigenvalue weighted by molar-refractivity contribution is -0.136. The van der Waals surface area contributed by atoms with Gasteiger partial charge in [0, 0.05) is 18.7 Å². The van der Waals surface area contributed by atoms with Gasteiger partial charge in [0.2, 0.25) is 12.3 Å². The molecule has 6 heteroatoms. The maximum atomic E-state index is 13.8. The van der Waals surface area contributed by atoms with Crippen LogP contribution in [0.2, 0.25) is 0 Å². The number of likely N-dealkylation sites (N-methyl/N-ethyl adjacent to an activating group) is 1. The lowest BCUT2D eigenvalue weighted by Crippen LogP contribution is -2.57. The Balaban J connectivity index is 2.16. The Kier molecular flexibility index (Phi) is 3.66. The molecule has 2 amide bonds. The third-order valence-electron chi connectivity index (χ3n) is 6.77. The van der Waals surface area contributed by atoms with Crippen LogP contribution in [0.4, 0.5) is 5.69 Å². The minimum atomic E-state index is -1.44. The summed E-state index contributed by atoms with van der Waals surface area (Å²) in [5.74, 6) is -1.12. The van der Waals surface area contributed by atoms with Gasteiger partial charge < -0.3 is 15.3 Å². The standard InChI is InChI=1S/C21H24N2O4/c1-11(25)12-8-9-14-18(26)21(12,22-10-24)13-6-5-7-15-16(13)17(20(14,2)3)19(27)23(15)4/h5-8,10-11,14,17,25H,9H2,1-4H3,(H,22,24)/t11?,14-,17?,21-/m1/s1. The van der Waals surface area contributed by atoms with E-state index in [-0.39, 0.29) is 11.7 Å². The molecule has 2 bridgehead atoms. The number of hydrogen-bond donors (Lipinski definition) is 2. The van der Waals surface area contributed by atoms with Crippen molar-refractivity contribution in [1.29, 1.82) is 0 Å². The number of amides is 2. The van der Waals surface area contributed by atoms with Gasteiger partial charge in [0.15, 0.2) is 5.78 Å². The number of allylic oxidation sites excluding steroid dienone is 1. The molecule has 2 N–H and O–H groups in total. The molecule has 27 heavy (non-hydrogen) atoms. The van der Waals surface area contributed by atoms with E-state index in [0.717, 1.165) is 11.3 Å². The van der Waals surface area contributed by atoms with E-state index >= 15 is 0 Å². The number of aliphatic hydroxyl groups is 1. The topological polar surface area (TPSA) is 86.7 Å². The molecule has 142 valence electrons. The molecule has 2 unspecified atom stereocenters. The third kappa shape index (κ3) is 1.96. The van der Waals surface area contributed by atoms with E-state index in [1.807, 2.05) is 26.0 Å². The minimum absolute atomic E-state index is 0.0392. The second-order valence-electron chi connectivity index (χ2n) is 8.39. The summed E-state index contributed by atoms with van der Waals surface area (Å²) >= 11 is 0. The predicted molar refractivity (Wildman–Crippen MR) is 100 cm³/mol. The zero-order valence-corrected chi connectivity index (χ0v) is 15.9. The van der Waals surface area contributed by atoms with E-state index in [0.29, 0.717) is 24.0 Å². The molecule has 3 aliphatic rings. The molecule has 0 fully saturated rings. The van der Waals surface area contributed by atoms with Crippen LogP contribution in [-0.4, -0.2) is 36.4 Å². The van der Waals surface area contributed by atoms with Crippen molar-refractivity contribution < 1.29 is 19.5 Å². The molecule has 1 aliphatic heterocycles. The van der Waals surface area contributed by atoms with E-state index in [1.54, 1.807) is 31.0 Å². The fourth-order valence-corrected chi connectivity index (χ4v) is 5.45. The lowest BCUT2D eigenvalue weighted by Gasteiger charge is -2.44. The molecular weight excluding hydrogens is 344 g/mol. The first kappa shape index (κ1) is 17.9. The lowest BCUT2D eigenvalue weighted by atomic mass is 9.62. The Bertz CT molecular complexity index is 901. The zero-order chi connectivity index (χ0) is 19.7. The van der Waals surface area contributed by atoms with E-state index < -0.39 is 28.9 Å². The average Bonchev–Trinajstić information content (AvgIpc) is 2.86. The first-order chi connectivity index (χ1) is 12.7. The highest BCUT2D eigenvalue weighted by Gasteiger charge is 2.62. The number of carbonyl (C=O) groups is 3. The molecule has 2 aliphatic carbocycles. The number of nitrogens with zero attached hydrogens (tertiary/aromatic N) is 1. The highest BCUT2D eigenvalue weighted by atomic mass is 16.3. The maximum Gasteiger partial charge on any atom is 0.234 e. The number of Topliss-reactive ketones (excluding diaryl/α,β-unsaturated/α-hetero) is 1. The molecule has 1 heterocycles. The number of rotatable bonds is 3. The summed E-state index contributed by atoms with van der Waals surface area (Å²) in [6, 6.07) is 5.46. The van der Waals surface area contributed by atoms with Crippen molar-refractivity contribution in [3.8, 4) is 0 Å². The smallest absolute Gasteiger partial charge is 0.234 e. The fourth-order valence-electron chi connectivity index (χ4n) is 5.45. The monoisotopic (exact) mass is 368 g/mol. The molecule has 0 aromatic heterocycles. The van der Waals surface area contributed by atoms with Crippen LogP contribution in [0.25, 0.3) is 0 Å². The first-order valence-electron chi connectivity index (χ1n) is 9.24. The van der Waals surface area contributed by atoms with Gasteiger partial charge >= 0.3 is 0 Å². The summed E-state index contributed by atoms with van der Waals surface area (Å²) in [5, 5.41) is 13.2. The highest BCUT2D eigenvalue weighted by molar-refractivity contribution is 6.09. The molecule has 6 nitrogen and oxygen atoms in total. The summed E-state index contributed by atoms with van der Waals surface area (Å²) in [5.41, 5.74) is 0.546. The van der Waals surface area contributed by atoms with Gasteiger partial charge in [0.25, 0.3) is 0 Å². The van der Waals surface area contributed by atoms with Crippen LogP contribution in [0.3, 0.4) is 0 Å². The quantitative estimate of drug-likeness (QED) is 0.627. The number of anilines is 1. The van der Waals surface area contributed by atoms with Crippen LogP contribution >= 0.6 is 0 Å². The Morgan fingerprint density at radius 3 is 2.67 bits per heavy atom. The molecule has 4 rings (SSSR count). The number of aliphatic hydroxyl groups excluding tert-OH is 1. The van der Waals surface area contributed by atoms with Crippen molar-refractivity contribution in [2.75, 3.05) is 11.9 Å². The van der Waals surface area contributed by atoms with E-state index in [9.17, 15) is 19.5 Å². The Labute approximate surface area is 158 Å². The number of nitrogens with one attached hydrogen (secondary N) is 1. The largest absolute Gasteiger partial charge is 0.389 e. The normalized spacial score (nSPS) is 31.7. The van der Waals surface area contributed by atoms with Gasteiger partial charge in [-0.05, 0) is 41.5 Å². The van der Waals surface area contributed by atoms with Crippen molar-refractivity contribution in [1.82, 2.24) is 5.32 Å². The Morgan fingerprint density at radius 2 is 2.04 bits per heavy atom. The molecule has 0 spiro atoms. The van der Waals surface area contributed by atoms with E-state index in [4.69, 9.17) is 0 Å². The molecule has 1 aromatic carbocycles. The number of carbonyl (C=O) groups excluding carboxylic acids is 3. The van der Waals surface area contributed by atoms with Crippen molar-refractivity contribution >= 4 is 23.8 Å². The minimum Gasteiger partial charge on any atom is -0.389 e. The summed E-state index contributed by atoms with van der Waals surface area (Å²) in [6.07, 6.45) is 1.91. The maximum absolute atomic E-state index is 13.8. The van der Waals surface area contributed by atoms with Crippen LogP contribution in [-0.2, 0) is 19.9 Å². The van der Waals surface area contributed by atoms with Crippen molar-refractivity contribution in [2.45, 2.75) is 44.8 Å². The second-order valence-corrected chi connectivity index (χ2v) is 8.39. The van der Waals surface area contributed by atoms with E-state index in [2.05, 4.69) is 5.32 Å². The number of fused-ring (bicyclic) bond motifs is 3. The number of benzene rings is 1. The zero-order valence-electron chi connectivity index (χ0n) is 15.9. The number of ketones is 1. The van der Waals surface area contributed by atoms with Crippen molar-refractivity contribution in [3.63, 3.8) is 0 Å². The SMILES string of the molecule is CC(O)C1=CC[C@@H]2C(=O)[C@]1(NC=O)c1cccc3c1C(C(=O)N3C)C2(C)C. The molecule has 4 atom stereocenters. The molecule has 0 radical (unpaired) electrons. The fraction of sp³-hybridized carbons (Fsp3) is 0.476. The molecule has 1 aromatic rings. The summed E-state index contributed by atoms with van der Waals surface area (Å²) in [4.78, 5) is 40.2. The van der Waals surface area contributed by atoms with Gasteiger partial charge in [-0.1, -0.05) is 32.1 Å². The van der Waals surface area contributed by atoms with Gasteiger partial charge in [-0.15, -0.1) is 0 Å². The summed E-state index contributed by atoms with van der Waals surface area (Å²) in [7, 11) is 1.74. The first-order valence-corrected chi connectivity index (χ1v) is 9.24. The molecule has 0 saturated heterocycles. The highest BCUT2D eigenvalue weighted by Crippen LogP contribution is 2.60. The molecular formula is C21H24N2O4. The van der Waals surface area contributed by atoms with Crippen LogP contribution in [0.1, 0.15) is 44.2 Å². The van der Waals surface area contributed by atoms with Crippen LogP contribution < -0.4 is 10.2 Å². The third-order valence-corrected chi connectivity index (χ3v) is 6.77. The van der Waals surface area contributed by atoms with E-state index in [1.165, 1.54) is 0 Å².